The van der Waals surface area contributed by atoms with Crippen molar-refractivity contribution in [3.05, 3.63) is 91.4 Å². The number of halogens is 2. The van der Waals surface area contributed by atoms with Crippen molar-refractivity contribution in [2.75, 3.05) is 0 Å². The van der Waals surface area contributed by atoms with Crippen molar-refractivity contribution in [3.8, 4) is 11.1 Å². The van der Waals surface area contributed by atoms with E-state index in [-0.39, 0.29) is 24.8 Å². The predicted octanol–water partition coefficient (Wildman–Crippen LogP) is 1.32. The molecule has 1 fully saturated rings. The molecular weight excluding hydrogens is 543 g/mol. The Morgan fingerprint density at radius 3 is 2.45 bits per heavy atom. The van der Waals surface area contributed by atoms with Crippen LogP contribution in [0, 0.1) is 5.92 Å². The predicted molar refractivity (Wildman–Crippen MR) is 132 cm³/mol. The summed E-state index contributed by atoms with van der Waals surface area (Å²) in [6.07, 6.45) is 13.0. The zero-order valence-electron chi connectivity index (χ0n) is 18.9. The summed E-state index contributed by atoms with van der Waals surface area (Å²) >= 11 is -0.372. The van der Waals surface area contributed by atoms with Gasteiger partial charge in [0.25, 0.3) is 0 Å². The second-order valence-electron chi connectivity index (χ2n) is 9.19. The van der Waals surface area contributed by atoms with E-state index in [4.69, 9.17) is 0 Å². The number of hydrogen-bond donors (Lipinski definition) is 0. The first-order valence-electron chi connectivity index (χ1n) is 11.7. The third-order valence-electron chi connectivity index (χ3n) is 7.33. The van der Waals surface area contributed by atoms with Crippen LogP contribution in [-0.4, -0.2) is 3.21 Å². The summed E-state index contributed by atoms with van der Waals surface area (Å²) in [5, 5.41) is 4.60. The normalized spacial score (nSPS) is 18.2. The molecule has 1 aromatic heterocycles. The van der Waals surface area contributed by atoms with Gasteiger partial charge in [-0.1, -0.05) is 0 Å². The van der Waals surface area contributed by atoms with E-state index in [1.54, 1.807) is 14.4 Å². The molecule has 0 aliphatic heterocycles. The monoisotopic (exact) mass is 568 g/mol. The number of allylic oxidation sites excluding steroid dienone is 4. The maximum atomic E-state index is 2.53. The van der Waals surface area contributed by atoms with Crippen molar-refractivity contribution in [1.29, 1.82) is 0 Å². The zero-order chi connectivity index (χ0) is 20.8. The van der Waals surface area contributed by atoms with Crippen LogP contribution in [0.1, 0.15) is 55.7 Å². The summed E-state index contributed by atoms with van der Waals surface area (Å²) < 4.78 is 5.57. The third kappa shape index (κ3) is 4.50. The molecule has 0 saturated heterocycles. The summed E-state index contributed by atoms with van der Waals surface area (Å²) in [5.74, 6) is 0.582. The van der Waals surface area contributed by atoms with E-state index in [0.717, 1.165) is 6.42 Å². The Balaban J connectivity index is 0.00000130. The zero-order valence-corrected chi connectivity index (χ0v) is 23.7. The van der Waals surface area contributed by atoms with Gasteiger partial charge < -0.3 is 24.8 Å². The molecule has 168 valence electrons. The first-order chi connectivity index (χ1) is 15.3. The second-order valence-corrected chi connectivity index (χ2v) is 16.2. The fourth-order valence-electron chi connectivity index (χ4n) is 5.85. The molecule has 0 spiro atoms. The van der Waals surface area contributed by atoms with Crippen molar-refractivity contribution in [1.82, 2.24) is 0 Å². The minimum Gasteiger partial charge on any atom is -1.00 e. The van der Waals surface area contributed by atoms with E-state index >= 15 is 0 Å². The summed E-state index contributed by atoms with van der Waals surface area (Å²) in [5.41, 5.74) is 9.18. The van der Waals surface area contributed by atoms with Crippen LogP contribution in [0.4, 0.5) is 0 Å². The molecule has 3 aliphatic carbocycles. The number of rotatable bonds is 3. The van der Waals surface area contributed by atoms with E-state index in [9.17, 15) is 0 Å². The van der Waals surface area contributed by atoms with Crippen LogP contribution in [0.5, 0.6) is 0 Å². The van der Waals surface area contributed by atoms with E-state index in [2.05, 4.69) is 78.4 Å². The molecule has 1 heterocycles. The van der Waals surface area contributed by atoms with Gasteiger partial charge in [0, 0.05) is 0 Å². The fraction of sp³-hybridized carbons (Fsp3) is 0.276. The molecule has 1 atom stereocenters. The largest absolute Gasteiger partial charge is 1.00 e. The molecule has 1 saturated carbocycles. The van der Waals surface area contributed by atoms with Crippen LogP contribution in [0.25, 0.3) is 16.7 Å². The Morgan fingerprint density at radius 2 is 1.67 bits per heavy atom. The van der Waals surface area contributed by atoms with Gasteiger partial charge in [0.2, 0.25) is 0 Å². The molecule has 2 aromatic carbocycles. The molecule has 1 unspecified atom stereocenters. The Morgan fingerprint density at radius 1 is 0.879 bits per heavy atom. The Bertz CT molecular complexity index is 1240. The molecule has 0 nitrogen and oxygen atoms in total. The van der Waals surface area contributed by atoms with Crippen molar-refractivity contribution >= 4 is 23.4 Å². The minimum atomic E-state index is -2.20. The molecule has 0 amide bonds. The summed E-state index contributed by atoms with van der Waals surface area (Å²) in [6.45, 7) is 2.45. The second kappa shape index (κ2) is 10.7. The Labute approximate surface area is 221 Å². The van der Waals surface area contributed by atoms with Gasteiger partial charge >= 0.3 is 199 Å². The van der Waals surface area contributed by atoms with Crippen LogP contribution >= 0.6 is 11.3 Å². The van der Waals surface area contributed by atoms with Gasteiger partial charge in [0.05, 0.1) is 0 Å². The smallest absolute Gasteiger partial charge is 1.00 e. The van der Waals surface area contributed by atoms with E-state index in [1.165, 1.54) is 54.4 Å². The van der Waals surface area contributed by atoms with Crippen LogP contribution in [0.15, 0.2) is 74.7 Å². The Kier molecular flexibility index (Phi) is 8.12. The summed E-state index contributed by atoms with van der Waals surface area (Å²) in [4.78, 5) is 0. The molecule has 0 N–H and O–H groups in total. The number of benzene rings is 2. The molecule has 3 aliphatic rings. The molecule has 0 bridgehead atoms. The van der Waals surface area contributed by atoms with Gasteiger partial charge in [-0.25, -0.2) is 0 Å². The number of thiophene rings is 1. The summed E-state index contributed by atoms with van der Waals surface area (Å²) in [6, 6.07) is 18.7. The molecule has 3 aromatic rings. The van der Waals surface area contributed by atoms with Crippen LogP contribution in [-0.2, 0) is 27.7 Å². The quantitative estimate of drug-likeness (QED) is 0.349. The summed E-state index contributed by atoms with van der Waals surface area (Å²) in [7, 11) is 0. The molecular formula is C29H28Cl2SZr. The molecule has 6 rings (SSSR count). The molecule has 0 radical (unpaired) electrons. The molecule has 4 heteroatoms. The average Bonchev–Trinajstić information content (AvgIpc) is 3.54. The van der Waals surface area contributed by atoms with Gasteiger partial charge in [0.1, 0.15) is 0 Å². The van der Waals surface area contributed by atoms with Crippen LogP contribution in [0.3, 0.4) is 0 Å². The minimum absolute atomic E-state index is 0. The van der Waals surface area contributed by atoms with Crippen molar-refractivity contribution in [3.63, 3.8) is 0 Å². The SMILES string of the molecule is CC1C=CC(c2ccsc2)=[C]1[Zr+2](=[C]1CCCCC1)[c]1cccc2c1Cc1ccccc1-2.[Cl-].[Cl-]. The maximum absolute atomic E-state index is 2.53. The topological polar surface area (TPSA) is 0 Å². The van der Waals surface area contributed by atoms with Gasteiger partial charge in [-0.15, -0.1) is 0 Å². The van der Waals surface area contributed by atoms with Crippen molar-refractivity contribution in [2.45, 2.75) is 45.4 Å². The molecule has 33 heavy (non-hydrogen) atoms. The maximum Gasteiger partial charge on any atom is -1.00 e. The van der Waals surface area contributed by atoms with E-state index < -0.39 is 21.3 Å². The van der Waals surface area contributed by atoms with E-state index in [0.29, 0.717) is 5.92 Å². The number of hydrogen-bond acceptors (Lipinski definition) is 1. The van der Waals surface area contributed by atoms with Gasteiger partial charge in [-0.3, -0.25) is 0 Å². The van der Waals surface area contributed by atoms with Crippen molar-refractivity contribution < 1.29 is 46.1 Å². The standard InChI is InChI=1S/C13H9.C10H9S.C6H10.2ClH.Zr/c1-3-7-12-10(5-1)9-11-6-2-4-8-13(11)12;1-8-2-3-9(6-8)10-4-5-11-7-10;1-2-4-6-5-3-1;;;/h1-5,7-8H,9H2;2-5,7-8H,1H3;1-5H2;2*1H;/q;;;;;+2/p-2. The number of fused-ring (bicyclic) bond motifs is 3. The first-order valence-corrected chi connectivity index (χ1v) is 16.3. The average molecular weight is 571 g/mol. The third-order valence-corrected chi connectivity index (χ3v) is 16.6. The van der Waals surface area contributed by atoms with Gasteiger partial charge in [-0.05, 0) is 0 Å². The van der Waals surface area contributed by atoms with E-state index in [1.807, 2.05) is 17.8 Å². The first kappa shape index (κ1) is 25.1. The van der Waals surface area contributed by atoms with Crippen LogP contribution < -0.4 is 28.1 Å². The Hall–Kier alpha value is -1.05. The van der Waals surface area contributed by atoms with Crippen LogP contribution in [0.2, 0.25) is 0 Å². The van der Waals surface area contributed by atoms with Gasteiger partial charge in [-0.2, -0.15) is 0 Å². The van der Waals surface area contributed by atoms with Crippen molar-refractivity contribution in [2.24, 2.45) is 5.92 Å². The van der Waals surface area contributed by atoms with Gasteiger partial charge in [0.15, 0.2) is 0 Å². The fourth-order valence-corrected chi connectivity index (χ4v) is 15.7.